The molecule has 0 amide bonds. The van der Waals surface area contributed by atoms with Crippen molar-refractivity contribution >= 4 is 35.2 Å². The molecule has 54 heavy (non-hydrogen) atoms. The zero-order chi connectivity index (χ0) is 39.2. The van der Waals surface area contributed by atoms with Gasteiger partial charge in [0.25, 0.3) is 0 Å². The minimum Gasteiger partial charge on any atom is -0.501 e. The molecule has 0 saturated heterocycles. The van der Waals surface area contributed by atoms with Gasteiger partial charge in [-0.1, -0.05) is 123 Å². The molecule has 0 aliphatic heterocycles. The van der Waals surface area contributed by atoms with E-state index in [0.29, 0.717) is 17.5 Å². The third-order valence-electron chi connectivity index (χ3n) is 11.2. The molecule has 3 saturated carbocycles. The van der Waals surface area contributed by atoms with Crippen LogP contribution >= 0.6 is 0 Å². The predicted octanol–water partition coefficient (Wildman–Crippen LogP) is 12.7. The average molecular weight is 906 g/mol. The Kier molecular flexibility index (Phi) is 10.4. The minimum absolute atomic E-state index is 0. The Hall–Kier alpha value is -4.15. The van der Waals surface area contributed by atoms with Crippen LogP contribution in [0.3, 0.4) is 0 Å². The fraction of sp³-hybridized carbons (Fsp3) is 0.306. The molecule has 1 unspecified atom stereocenters. The molecule has 10 rings (SSSR count). The molecule has 277 valence electrons. The van der Waals surface area contributed by atoms with Crippen molar-refractivity contribution in [3.05, 3.63) is 139 Å². The summed E-state index contributed by atoms with van der Waals surface area (Å²) in [5.41, 5.74) is 9.05. The molecule has 2 bridgehead atoms. The van der Waals surface area contributed by atoms with E-state index in [2.05, 4.69) is 78.1 Å². The maximum Gasteiger partial charge on any atom is 0.121 e. The van der Waals surface area contributed by atoms with Gasteiger partial charge < -0.3 is 14.4 Å². The number of fused-ring (bicyclic) bond motifs is 6. The molecule has 5 heteroatoms. The summed E-state index contributed by atoms with van der Waals surface area (Å²) >= 11 is 0. The number of hydrogen-bond donors (Lipinski definition) is 0. The van der Waals surface area contributed by atoms with Crippen LogP contribution in [0.15, 0.2) is 120 Å². The molecule has 3 fully saturated rings. The molecule has 7 aromatic rings. The number of aromatic nitrogens is 2. The molecule has 3 aliphatic rings. The average Bonchev–Trinajstić information content (AvgIpc) is 3.60. The van der Waals surface area contributed by atoms with Gasteiger partial charge in [0, 0.05) is 42.0 Å². The molecule has 3 heterocycles. The predicted molar refractivity (Wildman–Crippen MR) is 224 cm³/mol. The zero-order valence-corrected chi connectivity index (χ0v) is 35.3. The van der Waals surface area contributed by atoms with E-state index in [1.807, 2.05) is 86.8 Å². The first-order valence-electron chi connectivity index (χ1n) is 20.6. The van der Waals surface area contributed by atoms with E-state index in [9.17, 15) is 0 Å². The number of furan rings is 1. The van der Waals surface area contributed by atoms with Crippen LogP contribution in [0.5, 0.6) is 0 Å². The van der Waals surface area contributed by atoms with Crippen LogP contribution < -0.4 is 5.19 Å². The third-order valence-corrected chi connectivity index (χ3v) is 13.2. The zero-order valence-electron chi connectivity index (χ0n) is 34.9. The first kappa shape index (κ1) is 34.3. The van der Waals surface area contributed by atoms with Crippen molar-refractivity contribution in [1.29, 1.82) is 0 Å². The Balaban J connectivity index is 0.000000202. The largest absolute Gasteiger partial charge is 0.501 e. The van der Waals surface area contributed by atoms with Crippen molar-refractivity contribution in [3.63, 3.8) is 0 Å². The van der Waals surface area contributed by atoms with E-state index in [1.54, 1.807) is 6.20 Å². The number of hydrogen-bond acceptors (Lipinski definition) is 3. The number of benzene rings is 4. The fourth-order valence-corrected chi connectivity index (χ4v) is 9.92. The summed E-state index contributed by atoms with van der Waals surface area (Å²) in [5.74, 6) is 0.658. The van der Waals surface area contributed by atoms with Crippen LogP contribution in [0, 0.1) is 29.9 Å². The summed E-state index contributed by atoms with van der Waals surface area (Å²) in [7, 11) is -1.50. The molecule has 0 N–H and O–H groups in total. The third kappa shape index (κ3) is 8.10. The van der Waals surface area contributed by atoms with Gasteiger partial charge in [-0.25, -0.2) is 0 Å². The smallest absolute Gasteiger partial charge is 0.121 e. The normalized spacial score (nSPS) is 19.3. The van der Waals surface area contributed by atoms with Gasteiger partial charge in [0.15, 0.2) is 0 Å². The standard InChI is InChI=1S/C32H28NO.C17H22NSi.Ir/c1-2-5-23(6-3-1)25-13-14-27-28-7-4-8-29(32(28)34-31(27)20-25)30-19-22(15-16-33-30)18-26-17-21-9-11-24(26)12-10-21;1-13(2)15-11-16(14-9-7-6-8-10-14)18-12-17(15)19(3,4)5;/h1-7,13-16,19-21,24,26H,9-12,17-18H2;6-9,11-13H,1-5H3;/q2*-1;/i18D2;13D;. The Morgan fingerprint density at radius 1 is 0.815 bits per heavy atom. The van der Waals surface area contributed by atoms with Crippen LogP contribution in [0.2, 0.25) is 19.6 Å². The van der Waals surface area contributed by atoms with Crippen molar-refractivity contribution in [2.45, 2.75) is 77.9 Å². The van der Waals surface area contributed by atoms with Gasteiger partial charge in [-0.05, 0) is 89.1 Å². The maximum atomic E-state index is 9.14. The Morgan fingerprint density at radius 3 is 2.31 bits per heavy atom. The SMILES string of the molecule is [2H]C(C)(C)c1cc(-c2[c-]cccc2)ncc1[Si](C)(C)C.[2H]C([2H])(c1ccnc(-c2[c-]ccc3c2oc2cc(-c4ccccc4)ccc23)c1)C1CC2CCC1CC2.[Ir]. The van der Waals surface area contributed by atoms with Crippen LogP contribution in [0.4, 0.5) is 0 Å². The minimum atomic E-state index is -1.50. The van der Waals surface area contributed by atoms with E-state index < -0.39 is 20.3 Å². The number of nitrogens with zero attached hydrogens (tertiary/aromatic N) is 2. The molecule has 3 aromatic heterocycles. The number of rotatable bonds is 7. The molecule has 3 nitrogen and oxygen atoms in total. The van der Waals surface area contributed by atoms with E-state index in [1.165, 1.54) is 30.9 Å². The first-order chi connectivity index (χ1) is 26.8. The summed E-state index contributed by atoms with van der Waals surface area (Å²) in [6.45, 7) is 10.8. The summed E-state index contributed by atoms with van der Waals surface area (Å²) in [6, 6.07) is 40.9. The second kappa shape index (κ2) is 16.3. The first-order valence-corrected chi connectivity index (χ1v) is 22.6. The maximum absolute atomic E-state index is 9.14. The van der Waals surface area contributed by atoms with Gasteiger partial charge in [0.05, 0.1) is 13.7 Å². The van der Waals surface area contributed by atoms with Gasteiger partial charge in [-0.3, -0.25) is 0 Å². The Labute approximate surface area is 340 Å². The van der Waals surface area contributed by atoms with Gasteiger partial charge in [0.1, 0.15) is 5.58 Å². The molecule has 1 atom stereocenters. The quantitative estimate of drug-likeness (QED) is 0.118. The molecular formula is C49H50IrN2OSi-2. The monoisotopic (exact) mass is 906 g/mol. The summed E-state index contributed by atoms with van der Waals surface area (Å²) in [6.07, 6.45) is 8.24. The molecule has 3 aliphatic carbocycles. The van der Waals surface area contributed by atoms with Crippen LogP contribution in [-0.4, -0.2) is 18.0 Å². The van der Waals surface area contributed by atoms with Gasteiger partial charge in [0.2, 0.25) is 0 Å². The fourth-order valence-electron chi connectivity index (χ4n) is 8.33. The van der Waals surface area contributed by atoms with E-state index in [-0.39, 0.29) is 26.0 Å². The molecule has 0 spiro atoms. The van der Waals surface area contributed by atoms with Crippen molar-refractivity contribution in [1.82, 2.24) is 9.97 Å². The van der Waals surface area contributed by atoms with Crippen molar-refractivity contribution in [2.75, 3.05) is 0 Å². The Bertz CT molecular complexity index is 2480. The van der Waals surface area contributed by atoms with Gasteiger partial charge in [-0.2, -0.15) is 0 Å². The van der Waals surface area contributed by atoms with Gasteiger partial charge in [-0.15, -0.1) is 54.1 Å². The number of pyridine rings is 2. The van der Waals surface area contributed by atoms with E-state index in [0.717, 1.165) is 67.4 Å². The molecular weight excluding hydrogens is 853 g/mol. The summed E-state index contributed by atoms with van der Waals surface area (Å²) in [4.78, 5) is 9.25. The van der Waals surface area contributed by atoms with Crippen LogP contribution in [0.25, 0.3) is 55.6 Å². The summed E-state index contributed by atoms with van der Waals surface area (Å²) < 4.78 is 33.1. The van der Waals surface area contributed by atoms with Crippen molar-refractivity contribution in [3.8, 4) is 33.6 Å². The van der Waals surface area contributed by atoms with Crippen LogP contribution in [-0.2, 0) is 26.5 Å². The second-order valence-corrected chi connectivity index (χ2v) is 21.2. The Morgan fingerprint density at radius 2 is 1.61 bits per heavy atom. The topological polar surface area (TPSA) is 38.9 Å². The van der Waals surface area contributed by atoms with Crippen LogP contribution in [0.1, 0.15) is 67.1 Å². The van der Waals surface area contributed by atoms with Gasteiger partial charge >= 0.3 is 0 Å². The van der Waals surface area contributed by atoms with Crippen molar-refractivity contribution < 1.29 is 28.6 Å². The van der Waals surface area contributed by atoms with E-state index in [4.69, 9.17) is 8.53 Å². The van der Waals surface area contributed by atoms with Crippen molar-refractivity contribution in [2.24, 2.45) is 17.8 Å². The molecule has 4 aromatic carbocycles. The second-order valence-electron chi connectivity index (χ2n) is 16.1. The van der Waals surface area contributed by atoms with E-state index >= 15 is 0 Å². The molecule has 1 radical (unpaired) electrons. The summed E-state index contributed by atoms with van der Waals surface area (Å²) in [5, 5.41) is 3.36.